The van der Waals surface area contributed by atoms with Gasteiger partial charge in [-0.05, 0) is 48.6 Å². The van der Waals surface area contributed by atoms with E-state index in [1.165, 1.54) is 16.0 Å². The smallest absolute Gasteiger partial charge is 0.315 e. The van der Waals surface area contributed by atoms with Crippen LogP contribution in [0.2, 0.25) is 0 Å². The first-order valence-electron chi connectivity index (χ1n) is 11.1. The molecule has 1 unspecified atom stereocenters. The van der Waals surface area contributed by atoms with Crippen molar-refractivity contribution in [3.8, 4) is 0 Å². The van der Waals surface area contributed by atoms with Gasteiger partial charge in [-0.1, -0.05) is 84.9 Å². The topological polar surface area (TPSA) is 52.6 Å². The summed E-state index contributed by atoms with van der Waals surface area (Å²) < 4.78 is 0. The molecule has 5 rings (SSSR count). The third-order valence-electron chi connectivity index (χ3n) is 6.75. The molecule has 0 spiro atoms. The third-order valence-corrected chi connectivity index (χ3v) is 6.75. The fourth-order valence-electron chi connectivity index (χ4n) is 5.15. The highest BCUT2D eigenvalue weighted by Crippen LogP contribution is 2.38. The van der Waals surface area contributed by atoms with Crippen molar-refractivity contribution < 1.29 is 9.59 Å². The first-order valence-corrected chi connectivity index (χ1v) is 11.1. The van der Waals surface area contributed by atoms with Crippen molar-refractivity contribution in [2.24, 2.45) is 0 Å². The second kappa shape index (κ2) is 8.24. The zero-order valence-corrected chi connectivity index (χ0v) is 18.2. The van der Waals surface area contributed by atoms with Crippen molar-refractivity contribution in [2.75, 3.05) is 13.7 Å². The Morgan fingerprint density at radius 3 is 2.16 bits per heavy atom. The van der Waals surface area contributed by atoms with Crippen molar-refractivity contribution in [1.29, 1.82) is 0 Å². The Kier molecular flexibility index (Phi) is 5.27. The summed E-state index contributed by atoms with van der Waals surface area (Å²) in [5.41, 5.74) is 2.96. The van der Waals surface area contributed by atoms with Crippen molar-refractivity contribution >= 4 is 11.9 Å². The maximum atomic E-state index is 13.9. The lowest BCUT2D eigenvalue weighted by Gasteiger charge is -2.35. The number of carbonyl (C=O) groups is 2. The number of aryl methyl sites for hydroxylation is 1. The van der Waals surface area contributed by atoms with Gasteiger partial charge in [0.1, 0.15) is 0 Å². The van der Waals surface area contributed by atoms with Gasteiger partial charge in [0.15, 0.2) is 5.54 Å². The molecule has 3 aromatic carbocycles. The number of fused-ring (bicyclic) bond motifs is 1. The summed E-state index contributed by atoms with van der Waals surface area (Å²) in [6, 6.07) is 27.3. The van der Waals surface area contributed by atoms with Crippen LogP contribution < -0.4 is 5.32 Å². The summed E-state index contributed by atoms with van der Waals surface area (Å²) in [5.74, 6) is -0.240. The van der Waals surface area contributed by atoms with Crippen LogP contribution in [0.25, 0.3) is 0 Å². The van der Waals surface area contributed by atoms with E-state index in [-0.39, 0.29) is 24.6 Å². The zero-order valence-electron chi connectivity index (χ0n) is 18.2. The number of hydrogen-bond acceptors (Lipinski definition) is 3. The van der Waals surface area contributed by atoms with E-state index in [0.29, 0.717) is 0 Å². The number of nitrogens with zero attached hydrogens (tertiary/aromatic N) is 2. The summed E-state index contributed by atoms with van der Waals surface area (Å²) in [7, 11) is 2.00. The SMILES string of the molecule is CN(CN1C(=O)NC(c2ccccc2)(c2ccccc2)C1=O)C1CCCc2ccccc21. The molecular weight excluding hydrogens is 398 g/mol. The molecule has 3 amide bonds. The Hall–Kier alpha value is -3.44. The van der Waals surface area contributed by atoms with E-state index in [4.69, 9.17) is 0 Å². The van der Waals surface area contributed by atoms with Crippen LogP contribution in [0.3, 0.4) is 0 Å². The molecular formula is C27H27N3O2. The van der Waals surface area contributed by atoms with Gasteiger partial charge in [0, 0.05) is 6.04 Å². The van der Waals surface area contributed by atoms with E-state index < -0.39 is 5.54 Å². The average Bonchev–Trinajstić information content (AvgIpc) is 3.10. The zero-order chi connectivity index (χ0) is 22.1. The standard InChI is InChI=1S/C27H27N3O2/c1-29(24-18-10-12-20-11-8-9-17-23(20)24)19-30-25(31)27(28-26(30)32,21-13-4-2-5-14-21)22-15-6-3-7-16-22/h2-9,11,13-17,24H,10,12,18-19H2,1H3,(H,28,32). The maximum Gasteiger partial charge on any atom is 0.326 e. The molecule has 1 aliphatic heterocycles. The van der Waals surface area contributed by atoms with Crippen LogP contribution in [0.4, 0.5) is 4.79 Å². The highest BCUT2D eigenvalue weighted by molar-refractivity contribution is 6.09. The molecule has 0 radical (unpaired) electrons. The Morgan fingerprint density at radius 1 is 0.906 bits per heavy atom. The Morgan fingerprint density at radius 2 is 1.50 bits per heavy atom. The molecule has 162 valence electrons. The number of carbonyl (C=O) groups excluding carboxylic acids is 2. The lowest BCUT2D eigenvalue weighted by atomic mass is 9.82. The Balaban J connectivity index is 1.48. The number of imide groups is 1. The van der Waals surface area contributed by atoms with Gasteiger partial charge in [-0.15, -0.1) is 0 Å². The van der Waals surface area contributed by atoms with Gasteiger partial charge in [-0.3, -0.25) is 9.69 Å². The number of benzene rings is 3. The highest BCUT2D eigenvalue weighted by Gasteiger charge is 2.54. The molecule has 32 heavy (non-hydrogen) atoms. The second-order valence-electron chi connectivity index (χ2n) is 8.65. The highest BCUT2D eigenvalue weighted by atomic mass is 16.2. The lowest BCUT2D eigenvalue weighted by Crippen LogP contribution is -2.46. The van der Waals surface area contributed by atoms with Crippen LogP contribution in [-0.4, -0.2) is 35.5 Å². The molecule has 0 aromatic heterocycles. The molecule has 1 fully saturated rings. The van der Waals surface area contributed by atoms with Crippen molar-refractivity contribution in [3.05, 3.63) is 107 Å². The summed E-state index contributed by atoms with van der Waals surface area (Å²) in [6.07, 6.45) is 3.19. The molecule has 0 saturated carbocycles. The number of rotatable bonds is 5. The summed E-state index contributed by atoms with van der Waals surface area (Å²) in [6.45, 7) is 0.241. The molecule has 1 saturated heterocycles. The van der Waals surface area contributed by atoms with Crippen LogP contribution in [0.15, 0.2) is 84.9 Å². The summed E-state index contributed by atoms with van der Waals surface area (Å²) in [4.78, 5) is 30.6. The molecule has 5 nitrogen and oxygen atoms in total. The molecule has 0 bridgehead atoms. The number of amides is 3. The van der Waals surface area contributed by atoms with Gasteiger partial charge in [0.05, 0.1) is 6.67 Å². The largest absolute Gasteiger partial charge is 0.326 e. The van der Waals surface area contributed by atoms with E-state index in [1.807, 2.05) is 67.7 Å². The van der Waals surface area contributed by atoms with Gasteiger partial charge < -0.3 is 5.32 Å². The molecule has 1 N–H and O–H groups in total. The van der Waals surface area contributed by atoms with Gasteiger partial charge in [-0.2, -0.15) is 0 Å². The fourth-order valence-corrected chi connectivity index (χ4v) is 5.15. The van der Waals surface area contributed by atoms with Crippen LogP contribution in [0.1, 0.15) is 41.1 Å². The minimum absolute atomic E-state index is 0.184. The molecule has 3 aromatic rings. The number of nitrogens with one attached hydrogen (secondary N) is 1. The monoisotopic (exact) mass is 425 g/mol. The minimum atomic E-state index is -1.22. The summed E-state index contributed by atoms with van der Waals surface area (Å²) >= 11 is 0. The van der Waals surface area contributed by atoms with Crippen LogP contribution >= 0.6 is 0 Å². The quantitative estimate of drug-likeness (QED) is 0.615. The normalized spacial score (nSPS) is 19.7. The maximum absolute atomic E-state index is 13.9. The minimum Gasteiger partial charge on any atom is -0.315 e. The molecule has 1 heterocycles. The van der Waals surface area contributed by atoms with Gasteiger partial charge in [0.2, 0.25) is 0 Å². The van der Waals surface area contributed by atoms with Gasteiger partial charge in [0.25, 0.3) is 5.91 Å². The van der Waals surface area contributed by atoms with E-state index in [0.717, 1.165) is 30.4 Å². The van der Waals surface area contributed by atoms with Crippen LogP contribution in [0.5, 0.6) is 0 Å². The first kappa shape index (κ1) is 20.5. The molecule has 2 aliphatic rings. The number of hydrogen-bond donors (Lipinski definition) is 1. The van der Waals surface area contributed by atoms with E-state index in [1.54, 1.807) is 0 Å². The molecule has 1 atom stereocenters. The van der Waals surface area contributed by atoms with Crippen LogP contribution in [0, 0.1) is 0 Å². The molecule has 5 heteroatoms. The average molecular weight is 426 g/mol. The first-order chi connectivity index (χ1) is 15.6. The predicted octanol–water partition coefficient (Wildman–Crippen LogP) is 4.45. The second-order valence-corrected chi connectivity index (χ2v) is 8.65. The van der Waals surface area contributed by atoms with Gasteiger partial charge >= 0.3 is 6.03 Å². The van der Waals surface area contributed by atoms with Crippen molar-refractivity contribution in [1.82, 2.24) is 15.1 Å². The summed E-state index contributed by atoms with van der Waals surface area (Å²) in [5, 5.41) is 3.04. The van der Waals surface area contributed by atoms with Gasteiger partial charge in [-0.25, -0.2) is 9.69 Å². The Labute approximate surface area is 188 Å². The van der Waals surface area contributed by atoms with E-state index in [9.17, 15) is 9.59 Å². The Bertz CT molecular complexity index is 1090. The van der Waals surface area contributed by atoms with E-state index >= 15 is 0 Å². The molecule has 1 aliphatic carbocycles. The van der Waals surface area contributed by atoms with E-state index in [2.05, 4.69) is 34.5 Å². The number of urea groups is 1. The lowest BCUT2D eigenvalue weighted by molar-refractivity contribution is -0.132. The van der Waals surface area contributed by atoms with Crippen LogP contribution in [-0.2, 0) is 16.8 Å². The van der Waals surface area contributed by atoms with Crippen molar-refractivity contribution in [3.63, 3.8) is 0 Å². The predicted molar refractivity (Wildman–Crippen MR) is 124 cm³/mol. The van der Waals surface area contributed by atoms with Crippen molar-refractivity contribution in [2.45, 2.75) is 30.8 Å². The third kappa shape index (κ3) is 3.30. The fraction of sp³-hybridized carbons (Fsp3) is 0.259.